The Balaban J connectivity index is 0.000000381. The Kier molecular flexibility index (Phi) is 6.62. The molecular formula is C12H8ClF6N3O3. The fourth-order valence-electron chi connectivity index (χ4n) is 1.40. The Bertz CT molecular complexity index is 777. The summed E-state index contributed by atoms with van der Waals surface area (Å²) < 4.78 is 70.3. The minimum absolute atomic E-state index is 0.165. The minimum atomic E-state index is -5.08. The maximum Gasteiger partial charge on any atom is 0.490 e. The van der Waals surface area contributed by atoms with Crippen molar-refractivity contribution in [3.8, 4) is 0 Å². The van der Waals surface area contributed by atoms with E-state index in [1.54, 1.807) is 0 Å². The van der Waals surface area contributed by atoms with Crippen molar-refractivity contribution < 1.29 is 41.0 Å². The van der Waals surface area contributed by atoms with Gasteiger partial charge < -0.3 is 15.4 Å². The molecule has 6 nitrogen and oxygen atoms in total. The summed E-state index contributed by atoms with van der Waals surface area (Å²) >= 11 is 4.90. The summed E-state index contributed by atoms with van der Waals surface area (Å²) in [5, 5.41) is 9.26. The third-order valence-corrected chi connectivity index (χ3v) is 2.66. The molecule has 1 aromatic carbocycles. The van der Waals surface area contributed by atoms with Crippen LogP contribution in [0.5, 0.6) is 0 Å². The molecule has 1 heterocycles. The quantitative estimate of drug-likeness (QED) is 0.554. The first kappa shape index (κ1) is 20.5. The third-order valence-electron chi connectivity index (χ3n) is 2.47. The van der Waals surface area contributed by atoms with E-state index in [9.17, 15) is 31.1 Å². The molecule has 0 spiro atoms. The number of imidazole rings is 1. The van der Waals surface area contributed by atoms with E-state index in [-0.39, 0.29) is 23.4 Å². The third kappa shape index (κ3) is 5.81. The molecule has 13 heteroatoms. The van der Waals surface area contributed by atoms with Crippen molar-refractivity contribution in [1.82, 2.24) is 15.3 Å². The number of amides is 1. The molecular weight excluding hydrogens is 384 g/mol. The molecule has 0 aliphatic rings. The number of hydrogen-bond donors (Lipinski definition) is 3. The maximum absolute atomic E-state index is 13.3. The summed E-state index contributed by atoms with van der Waals surface area (Å²) in [6, 6.07) is 2.26. The largest absolute Gasteiger partial charge is 0.490 e. The highest BCUT2D eigenvalue weighted by atomic mass is 35.5. The van der Waals surface area contributed by atoms with Gasteiger partial charge in [0.15, 0.2) is 11.6 Å². The van der Waals surface area contributed by atoms with Gasteiger partial charge >= 0.3 is 12.1 Å². The number of fused-ring (bicyclic) bond motifs is 1. The highest BCUT2D eigenvalue weighted by molar-refractivity contribution is 6.29. The molecule has 3 N–H and O–H groups in total. The topological polar surface area (TPSA) is 95.1 Å². The van der Waals surface area contributed by atoms with Gasteiger partial charge in [-0.05, 0) is 12.1 Å². The maximum atomic E-state index is 13.3. The Labute approximate surface area is 139 Å². The first-order valence-electron chi connectivity index (χ1n) is 6.12. The van der Waals surface area contributed by atoms with Gasteiger partial charge in [-0.1, -0.05) is 11.6 Å². The molecule has 0 bridgehead atoms. The molecule has 1 amide bonds. The van der Waals surface area contributed by atoms with Crippen LogP contribution >= 0.6 is 11.6 Å². The Morgan fingerprint density at radius 1 is 1.32 bits per heavy atom. The molecule has 25 heavy (non-hydrogen) atoms. The average molecular weight is 392 g/mol. The van der Waals surface area contributed by atoms with Crippen molar-refractivity contribution in [2.75, 3.05) is 0 Å². The lowest BCUT2D eigenvalue weighted by Gasteiger charge is -2.01. The molecule has 1 unspecified atom stereocenters. The van der Waals surface area contributed by atoms with E-state index in [2.05, 4.69) is 15.3 Å². The van der Waals surface area contributed by atoms with Gasteiger partial charge in [0, 0.05) is 0 Å². The van der Waals surface area contributed by atoms with Gasteiger partial charge in [0.05, 0.1) is 12.1 Å². The lowest BCUT2D eigenvalue weighted by atomic mass is 10.3. The van der Waals surface area contributed by atoms with Crippen LogP contribution in [-0.2, 0) is 16.1 Å². The van der Waals surface area contributed by atoms with Crippen LogP contribution < -0.4 is 5.32 Å². The molecule has 2 aromatic rings. The second-order valence-electron chi connectivity index (χ2n) is 4.26. The molecule has 1 atom stereocenters. The number of aromatic nitrogens is 2. The van der Waals surface area contributed by atoms with Crippen molar-refractivity contribution in [2.24, 2.45) is 0 Å². The molecule has 0 saturated carbocycles. The summed E-state index contributed by atoms with van der Waals surface area (Å²) in [5.74, 6) is -5.72. The van der Waals surface area contributed by atoms with E-state index in [0.717, 1.165) is 6.07 Å². The number of aromatic amines is 1. The normalized spacial score (nSPS) is 12.3. The highest BCUT2D eigenvalue weighted by Gasteiger charge is 2.38. The second kappa shape index (κ2) is 8.05. The zero-order valence-corrected chi connectivity index (χ0v) is 12.6. The number of halogens is 7. The predicted molar refractivity (Wildman–Crippen MR) is 72.3 cm³/mol. The van der Waals surface area contributed by atoms with Gasteiger partial charge in [-0.25, -0.2) is 22.9 Å². The van der Waals surface area contributed by atoms with Crippen molar-refractivity contribution in [2.45, 2.75) is 18.4 Å². The number of rotatable bonds is 3. The van der Waals surface area contributed by atoms with Crippen LogP contribution in [-0.4, -0.2) is 38.8 Å². The van der Waals surface area contributed by atoms with E-state index in [0.29, 0.717) is 0 Å². The fraction of sp³-hybridized carbons (Fsp3) is 0.250. The summed E-state index contributed by atoms with van der Waals surface area (Å²) in [6.07, 6.45) is -5.08. The summed E-state index contributed by atoms with van der Waals surface area (Å²) in [4.78, 5) is 26.2. The van der Waals surface area contributed by atoms with E-state index in [1.165, 1.54) is 6.07 Å². The van der Waals surface area contributed by atoms with Gasteiger partial charge in [-0.2, -0.15) is 13.2 Å². The summed E-state index contributed by atoms with van der Waals surface area (Å²) in [7, 11) is 0. The van der Waals surface area contributed by atoms with Crippen LogP contribution in [0.4, 0.5) is 26.3 Å². The number of benzene rings is 1. The molecule has 138 valence electrons. The van der Waals surface area contributed by atoms with Crippen molar-refractivity contribution in [1.29, 1.82) is 0 Å². The molecule has 0 fully saturated rings. The SMILES string of the molecule is O=C(NCc1nc2c(F)c(F)ccc2[nH]1)C(F)Cl.O=C(O)C(F)(F)F. The smallest absolute Gasteiger partial charge is 0.475 e. The standard InChI is InChI=1S/C10H7ClF3N3O.C2HF3O2/c11-9(14)10(18)15-3-6-16-5-2-1-4(12)7(13)8(5)17-6;3-2(4,5)1(6)7/h1-2,9H,3H2,(H,15,18)(H,16,17);(H,6,7). The van der Waals surface area contributed by atoms with E-state index in [1.807, 2.05) is 0 Å². The zero-order chi connectivity index (χ0) is 19.4. The highest BCUT2D eigenvalue weighted by Crippen LogP contribution is 2.18. The molecule has 1 aromatic heterocycles. The summed E-state index contributed by atoms with van der Waals surface area (Å²) in [6.45, 7) is -0.165. The van der Waals surface area contributed by atoms with Gasteiger partial charge in [-0.15, -0.1) is 0 Å². The second-order valence-corrected chi connectivity index (χ2v) is 4.65. The average Bonchev–Trinajstić information content (AvgIpc) is 2.92. The van der Waals surface area contributed by atoms with Gasteiger partial charge in [-0.3, -0.25) is 4.79 Å². The number of carbonyl (C=O) groups is 2. The van der Waals surface area contributed by atoms with Crippen molar-refractivity contribution in [3.63, 3.8) is 0 Å². The van der Waals surface area contributed by atoms with Gasteiger partial charge in [0.25, 0.3) is 11.5 Å². The molecule has 0 radical (unpaired) electrons. The number of H-pyrrole nitrogens is 1. The van der Waals surface area contributed by atoms with E-state index in [4.69, 9.17) is 21.5 Å². The molecule has 0 aliphatic heterocycles. The number of carboxylic acid groups (broad SMARTS) is 1. The first-order chi connectivity index (χ1) is 11.4. The number of carbonyl (C=O) groups excluding carboxylic acids is 1. The Hall–Kier alpha value is -2.50. The van der Waals surface area contributed by atoms with Crippen molar-refractivity contribution >= 4 is 34.5 Å². The van der Waals surface area contributed by atoms with Crippen LogP contribution in [0.2, 0.25) is 0 Å². The summed E-state index contributed by atoms with van der Waals surface area (Å²) in [5.41, 5.74) is -2.06. The van der Waals surface area contributed by atoms with Crippen LogP contribution in [0.15, 0.2) is 12.1 Å². The van der Waals surface area contributed by atoms with Crippen LogP contribution in [0.25, 0.3) is 11.0 Å². The van der Waals surface area contributed by atoms with Crippen LogP contribution in [0.3, 0.4) is 0 Å². The Morgan fingerprint density at radius 2 is 1.88 bits per heavy atom. The van der Waals surface area contributed by atoms with E-state index >= 15 is 0 Å². The van der Waals surface area contributed by atoms with Gasteiger partial charge in [0.2, 0.25) is 0 Å². The number of nitrogens with zero attached hydrogens (tertiary/aromatic N) is 1. The minimum Gasteiger partial charge on any atom is -0.475 e. The lowest BCUT2D eigenvalue weighted by molar-refractivity contribution is -0.192. The zero-order valence-electron chi connectivity index (χ0n) is 11.8. The van der Waals surface area contributed by atoms with Crippen molar-refractivity contribution in [3.05, 3.63) is 29.6 Å². The predicted octanol–water partition coefficient (Wildman–Crippen LogP) is 2.62. The number of hydrogen-bond acceptors (Lipinski definition) is 3. The molecule has 0 saturated heterocycles. The molecule has 0 aliphatic carbocycles. The van der Waals surface area contributed by atoms with E-state index < -0.39 is 35.3 Å². The Morgan fingerprint density at radius 3 is 2.36 bits per heavy atom. The van der Waals surface area contributed by atoms with Crippen LogP contribution in [0.1, 0.15) is 5.82 Å². The lowest BCUT2D eigenvalue weighted by Crippen LogP contribution is -2.28. The monoisotopic (exact) mass is 391 g/mol. The number of alkyl halides is 5. The first-order valence-corrected chi connectivity index (χ1v) is 6.55. The fourth-order valence-corrected chi connectivity index (χ4v) is 1.48. The number of carboxylic acids is 1. The van der Waals surface area contributed by atoms with Crippen LogP contribution in [0, 0.1) is 11.6 Å². The molecule has 2 rings (SSSR count). The number of nitrogens with one attached hydrogen (secondary N) is 2. The number of aliphatic carboxylic acids is 1. The van der Waals surface area contributed by atoms with Gasteiger partial charge in [0.1, 0.15) is 11.3 Å².